The van der Waals surface area contributed by atoms with Crippen LogP contribution in [-0.2, 0) is 24.4 Å². The quantitative estimate of drug-likeness (QED) is 0.231. The van der Waals surface area contributed by atoms with Gasteiger partial charge in [-0.05, 0) is 42.2 Å². The van der Waals surface area contributed by atoms with Gasteiger partial charge in [-0.25, -0.2) is 4.99 Å². The summed E-state index contributed by atoms with van der Waals surface area (Å²) in [6.45, 7) is 4.87. The number of nitrogens with zero attached hydrogens (tertiary/aromatic N) is 2. The van der Waals surface area contributed by atoms with Gasteiger partial charge < -0.3 is 15.5 Å². The standard InChI is InChI=1S/C27H30N4O.HI/c1-21-12-14-22(15-13-21)18-28-27(30-25-9-3-2-4-10-25)29-19-23-7-5-8-24(17-23)20-31-16-6-11-26(31)32;/h2-5,7-10,12-15,17H,6,11,16,18-20H2,1H3,(H2,28,29,30);1H. The van der Waals surface area contributed by atoms with E-state index in [9.17, 15) is 4.79 Å². The van der Waals surface area contributed by atoms with E-state index in [1.807, 2.05) is 41.3 Å². The monoisotopic (exact) mass is 554 g/mol. The lowest BCUT2D eigenvalue weighted by atomic mass is 10.1. The van der Waals surface area contributed by atoms with Crippen molar-refractivity contribution < 1.29 is 4.79 Å². The molecule has 3 aromatic carbocycles. The van der Waals surface area contributed by atoms with E-state index < -0.39 is 0 Å². The molecule has 1 aliphatic rings. The summed E-state index contributed by atoms with van der Waals surface area (Å²) < 4.78 is 0. The van der Waals surface area contributed by atoms with Crippen LogP contribution in [0.15, 0.2) is 83.9 Å². The van der Waals surface area contributed by atoms with Crippen molar-refractivity contribution in [2.75, 3.05) is 11.9 Å². The van der Waals surface area contributed by atoms with Crippen LogP contribution in [-0.4, -0.2) is 23.3 Å². The topological polar surface area (TPSA) is 56.7 Å². The number of nitrogens with one attached hydrogen (secondary N) is 2. The molecule has 0 unspecified atom stereocenters. The van der Waals surface area contributed by atoms with Crippen molar-refractivity contribution in [1.29, 1.82) is 0 Å². The van der Waals surface area contributed by atoms with E-state index in [0.29, 0.717) is 26.1 Å². The molecule has 172 valence electrons. The Kier molecular flexibility index (Phi) is 9.30. The molecule has 1 heterocycles. The highest BCUT2D eigenvalue weighted by atomic mass is 127. The molecule has 0 bridgehead atoms. The Morgan fingerprint density at radius 3 is 2.42 bits per heavy atom. The predicted molar refractivity (Wildman–Crippen MR) is 146 cm³/mol. The first kappa shape index (κ1) is 24.8. The first-order valence-corrected chi connectivity index (χ1v) is 11.2. The highest BCUT2D eigenvalue weighted by Gasteiger charge is 2.19. The van der Waals surface area contributed by atoms with Gasteiger partial charge in [-0.2, -0.15) is 0 Å². The largest absolute Gasteiger partial charge is 0.352 e. The minimum Gasteiger partial charge on any atom is -0.352 e. The molecule has 4 rings (SSSR count). The first-order valence-electron chi connectivity index (χ1n) is 11.2. The molecule has 3 aromatic rings. The minimum atomic E-state index is 0. The van der Waals surface area contributed by atoms with Crippen molar-refractivity contribution in [3.05, 3.63) is 101 Å². The van der Waals surface area contributed by atoms with Crippen LogP contribution in [0.1, 0.15) is 35.1 Å². The number of carbonyl (C=O) groups excluding carboxylic acids is 1. The molecule has 1 amide bonds. The van der Waals surface area contributed by atoms with Crippen LogP contribution in [0.2, 0.25) is 0 Å². The third kappa shape index (κ3) is 7.60. The number of aliphatic imine (C=N–C) groups is 1. The fourth-order valence-electron chi connectivity index (χ4n) is 3.78. The molecule has 1 fully saturated rings. The van der Waals surface area contributed by atoms with Crippen LogP contribution >= 0.6 is 24.0 Å². The SMILES string of the molecule is Cc1ccc(CNC(=NCc2cccc(CN3CCCC3=O)c2)Nc2ccccc2)cc1.I. The average molecular weight is 554 g/mol. The molecule has 0 saturated carbocycles. The van der Waals surface area contributed by atoms with Crippen molar-refractivity contribution in [2.24, 2.45) is 4.99 Å². The Bertz CT molecular complexity index is 1070. The second kappa shape index (κ2) is 12.4. The Balaban J connectivity index is 0.00000306. The van der Waals surface area contributed by atoms with Crippen molar-refractivity contribution in [2.45, 2.75) is 39.4 Å². The Morgan fingerprint density at radius 1 is 0.939 bits per heavy atom. The second-order valence-electron chi connectivity index (χ2n) is 8.23. The molecule has 0 atom stereocenters. The number of benzene rings is 3. The number of hydrogen-bond donors (Lipinski definition) is 2. The lowest BCUT2D eigenvalue weighted by Gasteiger charge is -2.16. The fraction of sp³-hybridized carbons (Fsp3) is 0.259. The van der Waals surface area contributed by atoms with E-state index >= 15 is 0 Å². The van der Waals surface area contributed by atoms with Crippen LogP contribution in [0.25, 0.3) is 0 Å². The molecular weight excluding hydrogens is 523 g/mol. The van der Waals surface area contributed by atoms with E-state index in [1.54, 1.807) is 0 Å². The summed E-state index contributed by atoms with van der Waals surface area (Å²) in [6.07, 6.45) is 1.63. The number of carbonyl (C=O) groups is 1. The molecule has 1 saturated heterocycles. The summed E-state index contributed by atoms with van der Waals surface area (Å²) in [5.74, 6) is 0.986. The van der Waals surface area contributed by atoms with Gasteiger partial charge in [-0.3, -0.25) is 4.79 Å². The lowest BCUT2D eigenvalue weighted by Crippen LogP contribution is -2.30. The van der Waals surface area contributed by atoms with E-state index in [2.05, 4.69) is 60.0 Å². The van der Waals surface area contributed by atoms with E-state index in [-0.39, 0.29) is 29.9 Å². The van der Waals surface area contributed by atoms with E-state index in [0.717, 1.165) is 35.7 Å². The predicted octanol–water partition coefficient (Wildman–Crippen LogP) is 5.49. The molecule has 0 aromatic heterocycles. The zero-order valence-electron chi connectivity index (χ0n) is 19.0. The molecule has 33 heavy (non-hydrogen) atoms. The molecule has 6 heteroatoms. The summed E-state index contributed by atoms with van der Waals surface area (Å²) >= 11 is 0. The molecule has 0 spiro atoms. The Hall–Kier alpha value is -2.87. The summed E-state index contributed by atoms with van der Waals surface area (Å²) in [4.78, 5) is 18.7. The number of para-hydroxylation sites is 1. The van der Waals surface area contributed by atoms with Gasteiger partial charge in [0.15, 0.2) is 5.96 Å². The lowest BCUT2D eigenvalue weighted by molar-refractivity contribution is -0.128. The highest BCUT2D eigenvalue weighted by molar-refractivity contribution is 14.0. The van der Waals surface area contributed by atoms with Crippen molar-refractivity contribution in [3.63, 3.8) is 0 Å². The van der Waals surface area contributed by atoms with Crippen LogP contribution in [0, 0.1) is 6.92 Å². The smallest absolute Gasteiger partial charge is 0.222 e. The van der Waals surface area contributed by atoms with Gasteiger partial charge in [0.05, 0.1) is 6.54 Å². The van der Waals surface area contributed by atoms with Crippen LogP contribution < -0.4 is 10.6 Å². The van der Waals surface area contributed by atoms with Gasteiger partial charge in [-0.1, -0.05) is 72.3 Å². The maximum atomic E-state index is 11.9. The van der Waals surface area contributed by atoms with Gasteiger partial charge in [0, 0.05) is 31.7 Å². The maximum absolute atomic E-state index is 11.9. The summed E-state index contributed by atoms with van der Waals surface area (Å²) in [5, 5.41) is 6.84. The molecule has 1 aliphatic heterocycles. The zero-order valence-corrected chi connectivity index (χ0v) is 21.3. The fourth-order valence-corrected chi connectivity index (χ4v) is 3.78. The summed E-state index contributed by atoms with van der Waals surface area (Å²) in [7, 11) is 0. The molecule has 2 N–H and O–H groups in total. The molecule has 5 nitrogen and oxygen atoms in total. The Morgan fingerprint density at radius 2 is 1.70 bits per heavy atom. The Labute approximate surface area is 213 Å². The minimum absolute atomic E-state index is 0. The third-order valence-corrected chi connectivity index (χ3v) is 5.57. The van der Waals surface area contributed by atoms with Crippen LogP contribution in [0.4, 0.5) is 5.69 Å². The second-order valence-corrected chi connectivity index (χ2v) is 8.23. The van der Waals surface area contributed by atoms with E-state index in [4.69, 9.17) is 4.99 Å². The number of anilines is 1. The molecule has 0 radical (unpaired) electrons. The summed E-state index contributed by atoms with van der Waals surface area (Å²) in [6, 6.07) is 26.9. The van der Waals surface area contributed by atoms with Crippen LogP contribution in [0.5, 0.6) is 0 Å². The van der Waals surface area contributed by atoms with Gasteiger partial charge in [-0.15, -0.1) is 24.0 Å². The zero-order chi connectivity index (χ0) is 22.2. The number of rotatable bonds is 7. The number of halogens is 1. The van der Waals surface area contributed by atoms with Crippen molar-refractivity contribution in [3.8, 4) is 0 Å². The number of likely N-dealkylation sites (tertiary alicyclic amines) is 1. The van der Waals surface area contributed by atoms with Crippen molar-refractivity contribution >= 4 is 41.5 Å². The number of guanidine groups is 1. The third-order valence-electron chi connectivity index (χ3n) is 5.57. The van der Waals surface area contributed by atoms with Gasteiger partial charge in [0.25, 0.3) is 0 Å². The molecule has 0 aliphatic carbocycles. The van der Waals surface area contributed by atoms with Gasteiger partial charge in [0.2, 0.25) is 5.91 Å². The molecular formula is C27H31IN4O. The van der Waals surface area contributed by atoms with Crippen molar-refractivity contribution in [1.82, 2.24) is 10.2 Å². The highest BCUT2D eigenvalue weighted by Crippen LogP contribution is 2.16. The number of hydrogen-bond acceptors (Lipinski definition) is 2. The van der Waals surface area contributed by atoms with E-state index in [1.165, 1.54) is 11.1 Å². The number of aryl methyl sites for hydroxylation is 1. The van der Waals surface area contributed by atoms with Gasteiger partial charge >= 0.3 is 0 Å². The summed E-state index contributed by atoms with van der Waals surface area (Å²) in [5.41, 5.74) is 5.72. The first-order chi connectivity index (χ1) is 15.7. The van der Waals surface area contributed by atoms with Gasteiger partial charge in [0.1, 0.15) is 0 Å². The average Bonchev–Trinajstić information content (AvgIpc) is 3.22. The normalized spacial score (nSPS) is 13.5. The maximum Gasteiger partial charge on any atom is 0.222 e. The van der Waals surface area contributed by atoms with Crippen LogP contribution in [0.3, 0.4) is 0 Å². The number of amides is 1.